The molecule has 32 heavy (non-hydrogen) atoms. The number of carbonyl (C=O) groups is 2. The summed E-state index contributed by atoms with van der Waals surface area (Å²) in [7, 11) is 2.36. The quantitative estimate of drug-likeness (QED) is 0.665. The number of benzene rings is 2. The Morgan fingerprint density at radius 2 is 1.69 bits per heavy atom. The highest BCUT2D eigenvalue weighted by molar-refractivity contribution is 6.35. The predicted molar refractivity (Wildman–Crippen MR) is 121 cm³/mol. The molecule has 0 bridgehead atoms. The van der Waals surface area contributed by atoms with Crippen LogP contribution in [0.15, 0.2) is 65.1 Å². The van der Waals surface area contributed by atoms with Crippen molar-refractivity contribution in [1.29, 1.82) is 5.26 Å². The van der Waals surface area contributed by atoms with Crippen molar-refractivity contribution in [3.63, 3.8) is 0 Å². The zero-order chi connectivity index (χ0) is 23.6. The molecule has 0 spiro atoms. The number of aryl methyl sites for hydroxylation is 1. The van der Waals surface area contributed by atoms with Gasteiger partial charge in [0.15, 0.2) is 0 Å². The van der Waals surface area contributed by atoms with Crippen LogP contribution in [0, 0.1) is 18.3 Å². The number of carbonyl (C=O) groups excluding carboxylic acids is 2. The van der Waals surface area contributed by atoms with Gasteiger partial charge in [-0.3, -0.25) is 4.90 Å². The second-order valence-electron chi connectivity index (χ2n) is 6.93. The lowest BCUT2D eigenvalue weighted by atomic mass is 9.80. The average Bonchev–Trinajstić information content (AvgIpc) is 2.78. The fraction of sp³-hybridized carbons (Fsp3) is 0.174. The van der Waals surface area contributed by atoms with Gasteiger partial charge in [-0.05, 0) is 36.8 Å². The van der Waals surface area contributed by atoms with Crippen LogP contribution in [0.25, 0.3) is 0 Å². The number of anilines is 1. The van der Waals surface area contributed by atoms with Crippen molar-refractivity contribution < 1.29 is 19.1 Å². The van der Waals surface area contributed by atoms with Gasteiger partial charge in [-0.2, -0.15) is 5.26 Å². The predicted octanol–water partition coefficient (Wildman–Crippen LogP) is 4.20. The lowest BCUT2D eigenvalue weighted by Crippen LogP contribution is -2.40. The Kier molecular flexibility index (Phi) is 6.78. The van der Waals surface area contributed by atoms with Crippen molar-refractivity contribution in [1.82, 2.24) is 0 Å². The summed E-state index contributed by atoms with van der Waals surface area (Å²) in [4.78, 5) is 27.3. The minimum atomic E-state index is -1.08. The van der Waals surface area contributed by atoms with E-state index in [9.17, 15) is 14.9 Å². The smallest absolute Gasteiger partial charge is 0.355 e. The Morgan fingerprint density at radius 3 is 2.22 bits per heavy atom. The van der Waals surface area contributed by atoms with Gasteiger partial charge >= 0.3 is 11.9 Å². The summed E-state index contributed by atoms with van der Waals surface area (Å²) in [6, 6.07) is 13.7. The second-order valence-corrected chi connectivity index (χ2v) is 7.77. The molecule has 0 amide bonds. The van der Waals surface area contributed by atoms with Gasteiger partial charge in [0.1, 0.15) is 11.5 Å². The topological polar surface area (TPSA) is 106 Å². The van der Waals surface area contributed by atoms with Gasteiger partial charge in [-0.1, -0.05) is 47.0 Å². The Labute approximate surface area is 195 Å². The van der Waals surface area contributed by atoms with Crippen LogP contribution < -0.4 is 10.6 Å². The molecule has 0 aliphatic carbocycles. The second kappa shape index (κ2) is 9.35. The standard InChI is InChI=1S/C23H19Cl2N3O4/c1-12-4-7-14(8-5-12)28-20(23(30)32-3)19(22(29)31-2)18(16(11-26)21(28)27)15-9-6-13(24)10-17(15)25/h4-10,18H,27H2,1-3H3. The molecule has 1 aliphatic rings. The summed E-state index contributed by atoms with van der Waals surface area (Å²) < 4.78 is 9.97. The van der Waals surface area contributed by atoms with Crippen LogP contribution in [0.4, 0.5) is 5.69 Å². The van der Waals surface area contributed by atoms with Crippen LogP contribution in [-0.2, 0) is 19.1 Å². The van der Waals surface area contributed by atoms with Crippen molar-refractivity contribution in [2.45, 2.75) is 12.8 Å². The highest BCUT2D eigenvalue weighted by atomic mass is 35.5. The number of ether oxygens (including phenoxy) is 2. The highest BCUT2D eigenvalue weighted by Gasteiger charge is 2.43. The molecule has 0 radical (unpaired) electrons. The third-order valence-electron chi connectivity index (χ3n) is 5.04. The van der Waals surface area contributed by atoms with Gasteiger partial charge in [0, 0.05) is 15.7 Å². The Balaban J connectivity index is 2.43. The first-order valence-electron chi connectivity index (χ1n) is 9.37. The van der Waals surface area contributed by atoms with Gasteiger partial charge < -0.3 is 15.2 Å². The zero-order valence-corrected chi connectivity index (χ0v) is 19.0. The molecule has 1 aliphatic heterocycles. The molecular weight excluding hydrogens is 453 g/mol. The van der Waals surface area contributed by atoms with E-state index >= 15 is 0 Å². The number of halogens is 2. The van der Waals surface area contributed by atoms with Crippen LogP contribution in [0.1, 0.15) is 17.0 Å². The van der Waals surface area contributed by atoms with Gasteiger partial charge in [-0.25, -0.2) is 9.59 Å². The maximum atomic E-state index is 13.0. The molecule has 1 atom stereocenters. The summed E-state index contributed by atoms with van der Waals surface area (Å²) in [5, 5.41) is 10.6. The van der Waals surface area contributed by atoms with Gasteiger partial charge in [0.2, 0.25) is 0 Å². The third kappa shape index (κ3) is 4.03. The van der Waals surface area contributed by atoms with E-state index in [4.69, 9.17) is 38.4 Å². The average molecular weight is 472 g/mol. The number of methoxy groups -OCH3 is 2. The number of esters is 2. The summed E-state index contributed by atoms with van der Waals surface area (Å²) in [5.74, 6) is -2.78. The molecule has 0 fully saturated rings. The summed E-state index contributed by atoms with van der Waals surface area (Å²) in [5.41, 5.74) is 7.93. The highest BCUT2D eigenvalue weighted by Crippen LogP contribution is 2.45. The van der Waals surface area contributed by atoms with E-state index in [2.05, 4.69) is 6.07 Å². The largest absolute Gasteiger partial charge is 0.466 e. The molecule has 1 heterocycles. The molecular formula is C23H19Cl2N3O4. The summed E-state index contributed by atoms with van der Waals surface area (Å²) in [6.45, 7) is 1.90. The first-order valence-corrected chi connectivity index (χ1v) is 10.1. The van der Waals surface area contributed by atoms with E-state index < -0.39 is 17.9 Å². The Bertz CT molecular complexity index is 1200. The molecule has 9 heteroatoms. The Hall–Kier alpha value is -3.47. The summed E-state index contributed by atoms with van der Waals surface area (Å²) >= 11 is 12.4. The third-order valence-corrected chi connectivity index (χ3v) is 5.61. The molecule has 2 aromatic rings. The maximum absolute atomic E-state index is 13.0. The molecule has 2 N–H and O–H groups in total. The Morgan fingerprint density at radius 1 is 1.06 bits per heavy atom. The van der Waals surface area contributed by atoms with Crippen LogP contribution in [0.5, 0.6) is 0 Å². The number of allylic oxidation sites excluding steroid dienone is 1. The molecule has 0 saturated heterocycles. The van der Waals surface area contributed by atoms with Gasteiger partial charge in [0.25, 0.3) is 0 Å². The van der Waals surface area contributed by atoms with Gasteiger partial charge in [-0.15, -0.1) is 0 Å². The lowest BCUT2D eigenvalue weighted by Gasteiger charge is -2.36. The van der Waals surface area contributed by atoms with Crippen LogP contribution in [0.3, 0.4) is 0 Å². The van der Waals surface area contributed by atoms with Crippen LogP contribution in [-0.4, -0.2) is 26.2 Å². The van der Waals surface area contributed by atoms with E-state index in [0.717, 1.165) is 5.56 Å². The number of hydrogen-bond acceptors (Lipinski definition) is 7. The van der Waals surface area contributed by atoms with Crippen molar-refractivity contribution in [3.8, 4) is 6.07 Å². The zero-order valence-electron chi connectivity index (χ0n) is 17.5. The molecule has 2 aromatic carbocycles. The maximum Gasteiger partial charge on any atom is 0.355 e. The molecule has 3 rings (SSSR count). The number of hydrogen-bond donors (Lipinski definition) is 1. The van der Waals surface area contributed by atoms with E-state index in [1.54, 1.807) is 24.3 Å². The minimum absolute atomic E-state index is 0.0165. The number of nitriles is 1. The monoisotopic (exact) mass is 471 g/mol. The van der Waals surface area contributed by atoms with Gasteiger partial charge in [0.05, 0.1) is 37.4 Å². The van der Waals surface area contributed by atoms with Crippen molar-refractivity contribution >= 4 is 40.8 Å². The first-order chi connectivity index (χ1) is 15.2. The van der Waals surface area contributed by atoms with Crippen molar-refractivity contribution in [2.75, 3.05) is 19.1 Å². The molecule has 0 saturated carbocycles. The first kappa shape index (κ1) is 23.2. The molecule has 164 valence electrons. The fourth-order valence-electron chi connectivity index (χ4n) is 3.54. The lowest BCUT2D eigenvalue weighted by molar-refractivity contribution is -0.139. The number of nitrogens with zero attached hydrogens (tertiary/aromatic N) is 2. The SMILES string of the molecule is COC(=O)C1=C(C(=O)OC)N(c2ccc(C)cc2)C(N)=C(C#N)C1c1ccc(Cl)cc1Cl. The van der Waals surface area contributed by atoms with E-state index in [1.807, 2.05) is 19.1 Å². The fourth-order valence-corrected chi connectivity index (χ4v) is 4.06. The van der Waals surface area contributed by atoms with Crippen LogP contribution in [0.2, 0.25) is 10.0 Å². The molecule has 7 nitrogen and oxygen atoms in total. The van der Waals surface area contributed by atoms with E-state index in [-0.39, 0.29) is 27.7 Å². The van der Waals surface area contributed by atoms with E-state index in [0.29, 0.717) is 16.3 Å². The molecule has 0 aromatic heterocycles. The van der Waals surface area contributed by atoms with Crippen molar-refractivity contribution in [2.24, 2.45) is 5.73 Å². The van der Waals surface area contributed by atoms with Crippen molar-refractivity contribution in [3.05, 3.63) is 86.3 Å². The van der Waals surface area contributed by atoms with E-state index in [1.165, 1.54) is 25.2 Å². The number of rotatable bonds is 4. The molecule has 1 unspecified atom stereocenters. The normalized spacial score (nSPS) is 16.0. The van der Waals surface area contributed by atoms with Crippen LogP contribution >= 0.6 is 23.2 Å². The number of nitrogens with two attached hydrogens (primary N) is 1. The summed E-state index contributed by atoms with van der Waals surface area (Å²) in [6.07, 6.45) is 0. The minimum Gasteiger partial charge on any atom is -0.466 e.